The number of aromatic nitrogens is 2. The summed E-state index contributed by atoms with van der Waals surface area (Å²) in [5.74, 6) is -1.70. The third kappa shape index (κ3) is 5.98. The first-order valence-electron chi connectivity index (χ1n) is 12.0. The summed E-state index contributed by atoms with van der Waals surface area (Å²) in [4.78, 5) is 27.3. The largest absolute Gasteiger partial charge is 0.481 e. The van der Waals surface area contributed by atoms with E-state index in [1.54, 1.807) is 13.2 Å². The van der Waals surface area contributed by atoms with Gasteiger partial charge >= 0.3 is 5.97 Å². The predicted octanol–water partition coefficient (Wildman–Crippen LogP) is 6.36. The van der Waals surface area contributed by atoms with Crippen molar-refractivity contribution in [2.24, 2.45) is 0 Å². The lowest BCUT2D eigenvalue weighted by Crippen LogP contribution is -2.04. The average Bonchev–Trinajstić information content (AvgIpc) is 3.39. The molecule has 0 unspecified atom stereocenters. The van der Waals surface area contributed by atoms with Gasteiger partial charge in [0.15, 0.2) is 5.78 Å². The highest BCUT2D eigenvalue weighted by Crippen LogP contribution is 2.32. The van der Waals surface area contributed by atoms with Crippen molar-refractivity contribution in [2.45, 2.75) is 39.2 Å². The SMILES string of the molecule is CCc1ccccc1-c1ccc(-c2nc(-c3ccc(C(=O)CCCC(=O)O)c(F)c3)no2)cc1COC. The van der Waals surface area contributed by atoms with Gasteiger partial charge in [-0.2, -0.15) is 4.98 Å². The average molecular weight is 503 g/mol. The lowest BCUT2D eigenvalue weighted by Gasteiger charge is -2.13. The minimum absolute atomic E-state index is 0.0442. The Hall–Kier alpha value is -4.17. The van der Waals surface area contributed by atoms with Crippen LogP contribution in [0.3, 0.4) is 0 Å². The molecular formula is C29H27FN2O5. The molecule has 3 aromatic carbocycles. The minimum Gasteiger partial charge on any atom is -0.481 e. The van der Waals surface area contributed by atoms with E-state index in [0.717, 1.165) is 23.1 Å². The van der Waals surface area contributed by atoms with Gasteiger partial charge in [-0.1, -0.05) is 48.5 Å². The topological polar surface area (TPSA) is 103 Å². The molecule has 0 saturated heterocycles. The fourth-order valence-corrected chi connectivity index (χ4v) is 4.23. The molecule has 0 bridgehead atoms. The molecule has 0 spiro atoms. The Morgan fingerprint density at radius 2 is 1.73 bits per heavy atom. The molecule has 0 radical (unpaired) electrons. The van der Waals surface area contributed by atoms with Crippen molar-refractivity contribution >= 4 is 11.8 Å². The van der Waals surface area contributed by atoms with Crippen molar-refractivity contribution in [1.29, 1.82) is 0 Å². The number of hydrogen-bond donors (Lipinski definition) is 1. The molecule has 0 aliphatic carbocycles. The van der Waals surface area contributed by atoms with Crippen LogP contribution < -0.4 is 0 Å². The maximum Gasteiger partial charge on any atom is 0.303 e. The number of rotatable bonds is 11. The third-order valence-corrected chi connectivity index (χ3v) is 6.09. The second kappa shape index (κ2) is 11.7. The summed E-state index contributed by atoms with van der Waals surface area (Å²) in [7, 11) is 1.64. The monoisotopic (exact) mass is 502 g/mol. The summed E-state index contributed by atoms with van der Waals surface area (Å²) in [6, 6.07) is 18.2. The van der Waals surface area contributed by atoms with Crippen molar-refractivity contribution in [3.63, 3.8) is 0 Å². The lowest BCUT2D eigenvalue weighted by atomic mass is 9.93. The molecule has 1 N–H and O–H groups in total. The van der Waals surface area contributed by atoms with E-state index >= 15 is 0 Å². The van der Waals surface area contributed by atoms with Crippen LogP contribution in [0.2, 0.25) is 0 Å². The number of aliphatic carboxylic acids is 1. The van der Waals surface area contributed by atoms with Gasteiger partial charge in [-0.15, -0.1) is 0 Å². The molecule has 8 heteroatoms. The molecule has 4 rings (SSSR count). The first-order chi connectivity index (χ1) is 17.9. The number of ether oxygens (including phenoxy) is 1. The van der Waals surface area contributed by atoms with Crippen LogP contribution in [0.1, 0.15) is 47.7 Å². The zero-order chi connectivity index (χ0) is 26.4. The van der Waals surface area contributed by atoms with Gasteiger partial charge in [0.2, 0.25) is 5.82 Å². The maximum absolute atomic E-state index is 14.7. The lowest BCUT2D eigenvalue weighted by molar-refractivity contribution is -0.137. The molecule has 1 aromatic heterocycles. The van der Waals surface area contributed by atoms with Gasteiger partial charge in [-0.25, -0.2) is 4.39 Å². The molecule has 0 atom stereocenters. The summed E-state index contributed by atoms with van der Waals surface area (Å²) in [6.45, 7) is 2.52. The van der Waals surface area contributed by atoms with Gasteiger partial charge in [0.05, 0.1) is 12.2 Å². The molecule has 4 aromatic rings. The number of carboxylic acid groups (broad SMARTS) is 1. The molecule has 7 nitrogen and oxygen atoms in total. The molecule has 0 aliphatic rings. The highest BCUT2D eigenvalue weighted by atomic mass is 19.1. The fraction of sp³-hybridized carbons (Fsp3) is 0.241. The highest BCUT2D eigenvalue weighted by Gasteiger charge is 2.18. The van der Waals surface area contributed by atoms with Gasteiger partial charge in [-0.3, -0.25) is 9.59 Å². The van der Waals surface area contributed by atoms with Crippen LogP contribution >= 0.6 is 0 Å². The smallest absolute Gasteiger partial charge is 0.303 e. The summed E-state index contributed by atoms with van der Waals surface area (Å²) < 4.78 is 25.6. The van der Waals surface area contributed by atoms with E-state index in [1.165, 1.54) is 17.7 Å². The number of halogens is 1. The van der Waals surface area contributed by atoms with E-state index in [0.29, 0.717) is 17.7 Å². The summed E-state index contributed by atoms with van der Waals surface area (Å²) in [5, 5.41) is 12.7. The second-order valence-electron chi connectivity index (χ2n) is 8.60. The Bertz CT molecular complexity index is 1430. The van der Waals surface area contributed by atoms with E-state index in [9.17, 15) is 14.0 Å². The maximum atomic E-state index is 14.7. The van der Waals surface area contributed by atoms with Crippen molar-refractivity contribution in [2.75, 3.05) is 7.11 Å². The summed E-state index contributed by atoms with van der Waals surface area (Å²) >= 11 is 0. The van der Waals surface area contributed by atoms with E-state index < -0.39 is 17.6 Å². The number of carboxylic acids is 1. The molecule has 0 aliphatic heterocycles. The standard InChI is InChI=1S/C29H27FN2O5/c1-3-18-7-4-5-8-22(18)23-13-12-20(15-21(23)17-36-2)29-31-28(32-37-29)19-11-14-24(25(30)16-19)26(33)9-6-10-27(34)35/h4-5,7-8,11-16H,3,6,9-10,17H2,1-2H3,(H,34,35). The zero-order valence-electron chi connectivity index (χ0n) is 20.7. The van der Waals surface area contributed by atoms with Crippen LogP contribution in [-0.4, -0.2) is 34.1 Å². The molecule has 0 amide bonds. The number of Topliss-reactive ketones (excluding diaryl/α,β-unsaturated/α-hetero) is 1. The van der Waals surface area contributed by atoms with Crippen molar-refractivity contribution in [3.8, 4) is 34.0 Å². The number of ketones is 1. The Kier molecular flexibility index (Phi) is 8.20. The Morgan fingerprint density at radius 1 is 0.973 bits per heavy atom. The summed E-state index contributed by atoms with van der Waals surface area (Å²) in [5.41, 5.74) is 5.38. The van der Waals surface area contributed by atoms with Crippen LogP contribution in [0, 0.1) is 5.82 Å². The molecule has 37 heavy (non-hydrogen) atoms. The van der Waals surface area contributed by atoms with Gasteiger partial charge in [-0.05, 0) is 59.4 Å². The van der Waals surface area contributed by atoms with Crippen molar-refractivity contribution in [1.82, 2.24) is 10.1 Å². The third-order valence-electron chi connectivity index (χ3n) is 6.09. The molecule has 0 saturated carbocycles. The molecule has 1 heterocycles. The van der Waals surface area contributed by atoms with Gasteiger partial charge in [0.25, 0.3) is 5.89 Å². The number of carbonyl (C=O) groups excluding carboxylic acids is 1. The molecule has 0 fully saturated rings. The normalized spacial score (nSPS) is 11.0. The molecular weight excluding hydrogens is 475 g/mol. The van der Waals surface area contributed by atoms with Gasteiger partial charge in [0, 0.05) is 31.1 Å². The number of hydrogen-bond acceptors (Lipinski definition) is 6. The van der Waals surface area contributed by atoms with E-state index in [1.807, 2.05) is 30.3 Å². The van der Waals surface area contributed by atoms with Crippen molar-refractivity contribution in [3.05, 3.63) is 83.2 Å². The van der Waals surface area contributed by atoms with E-state index in [2.05, 4.69) is 29.2 Å². The van der Waals surface area contributed by atoms with Crippen molar-refractivity contribution < 1.29 is 28.3 Å². The van der Waals surface area contributed by atoms with Crippen LogP contribution in [0.4, 0.5) is 4.39 Å². The number of methoxy groups -OCH3 is 1. The zero-order valence-corrected chi connectivity index (χ0v) is 20.7. The highest BCUT2D eigenvalue weighted by molar-refractivity contribution is 5.96. The van der Waals surface area contributed by atoms with Gasteiger partial charge < -0.3 is 14.4 Å². The van der Waals surface area contributed by atoms with Gasteiger partial charge in [0.1, 0.15) is 5.82 Å². The quantitative estimate of drug-likeness (QED) is 0.238. The number of aryl methyl sites for hydroxylation is 1. The van der Waals surface area contributed by atoms with Crippen LogP contribution in [0.25, 0.3) is 34.0 Å². The minimum atomic E-state index is -0.994. The number of nitrogens with zero attached hydrogens (tertiary/aromatic N) is 2. The Morgan fingerprint density at radius 3 is 2.46 bits per heavy atom. The summed E-state index contributed by atoms with van der Waals surface area (Å²) in [6.07, 6.45) is 0.866. The fourth-order valence-electron chi connectivity index (χ4n) is 4.23. The van der Waals surface area contributed by atoms with Crippen LogP contribution in [-0.2, 0) is 22.6 Å². The predicted molar refractivity (Wildman–Crippen MR) is 136 cm³/mol. The first kappa shape index (κ1) is 25.9. The number of carbonyl (C=O) groups is 2. The number of benzene rings is 3. The van der Waals surface area contributed by atoms with E-state index in [-0.39, 0.29) is 36.5 Å². The van der Waals surface area contributed by atoms with Crippen LogP contribution in [0.5, 0.6) is 0 Å². The van der Waals surface area contributed by atoms with E-state index in [4.69, 9.17) is 14.4 Å². The second-order valence-corrected chi connectivity index (χ2v) is 8.60. The first-order valence-corrected chi connectivity index (χ1v) is 12.0. The Labute approximate surface area is 213 Å². The molecule has 190 valence electrons. The van der Waals surface area contributed by atoms with Crippen LogP contribution in [0.15, 0.2) is 65.2 Å². The Balaban J connectivity index is 1.59.